The Morgan fingerprint density at radius 3 is 2.53 bits per heavy atom. The summed E-state index contributed by atoms with van der Waals surface area (Å²) in [4.78, 5) is 3.46. The van der Waals surface area contributed by atoms with Gasteiger partial charge in [-0.05, 0) is 6.07 Å². The van der Waals surface area contributed by atoms with Gasteiger partial charge in [-0.25, -0.2) is 18.2 Å². The van der Waals surface area contributed by atoms with E-state index in [0.717, 1.165) is 18.5 Å². The topological polar surface area (TPSA) is 117 Å². The van der Waals surface area contributed by atoms with Gasteiger partial charge in [-0.1, -0.05) is 0 Å². The average molecular weight is 289 g/mol. The Morgan fingerprint density at radius 1 is 1.32 bits per heavy atom. The highest BCUT2D eigenvalue weighted by Crippen LogP contribution is 2.26. The number of alkyl halides is 2. The largest absolute Gasteiger partial charge is 0.397 e. The quantitative estimate of drug-likeness (QED) is 0.856. The Kier molecular flexibility index (Phi) is 3.20. The van der Waals surface area contributed by atoms with Crippen LogP contribution >= 0.6 is 0 Å². The molecule has 102 valence electrons. The van der Waals surface area contributed by atoms with E-state index in [-0.39, 0.29) is 21.8 Å². The van der Waals surface area contributed by atoms with Crippen LogP contribution in [0.15, 0.2) is 29.6 Å². The third-order valence-corrected chi connectivity index (χ3v) is 3.18. The molecule has 19 heavy (non-hydrogen) atoms. The number of hydrogen-bond acceptors (Lipinski definition) is 5. The van der Waals surface area contributed by atoms with Crippen molar-refractivity contribution in [1.29, 1.82) is 0 Å². The van der Waals surface area contributed by atoms with E-state index in [2.05, 4.69) is 10.1 Å². The highest BCUT2D eigenvalue weighted by atomic mass is 32.2. The minimum atomic E-state index is -4.08. The first-order chi connectivity index (χ1) is 8.79. The standard InChI is InChI=1S/C9H9F2N5O2S/c10-9(11)16-4-5(2-15-16)8-7(19(13,17)18)1-6(12)3-14-8/h1-4,9H,12H2,(H2,13,17,18). The van der Waals surface area contributed by atoms with Gasteiger partial charge in [-0.2, -0.15) is 13.9 Å². The lowest BCUT2D eigenvalue weighted by molar-refractivity contribution is 0.0566. The average Bonchev–Trinajstić information content (AvgIpc) is 2.77. The second-order valence-corrected chi connectivity index (χ2v) is 5.18. The molecule has 0 amide bonds. The SMILES string of the molecule is Nc1cnc(-c2cnn(C(F)F)c2)c(S(N)(=O)=O)c1. The molecule has 0 fully saturated rings. The molecule has 4 N–H and O–H groups in total. The molecule has 2 aromatic heterocycles. The molecule has 0 atom stereocenters. The van der Waals surface area contributed by atoms with E-state index in [1.54, 1.807) is 0 Å². The summed E-state index contributed by atoms with van der Waals surface area (Å²) < 4.78 is 48.1. The van der Waals surface area contributed by atoms with Crippen molar-refractivity contribution in [1.82, 2.24) is 14.8 Å². The van der Waals surface area contributed by atoms with E-state index >= 15 is 0 Å². The lowest BCUT2D eigenvalue weighted by Gasteiger charge is -2.05. The summed E-state index contributed by atoms with van der Waals surface area (Å²) in [6, 6.07) is 1.11. The van der Waals surface area contributed by atoms with Gasteiger partial charge in [0.2, 0.25) is 10.0 Å². The van der Waals surface area contributed by atoms with E-state index in [0.29, 0.717) is 4.68 Å². The van der Waals surface area contributed by atoms with Gasteiger partial charge in [-0.15, -0.1) is 0 Å². The maximum absolute atomic E-state index is 12.4. The number of anilines is 1. The summed E-state index contributed by atoms with van der Waals surface area (Å²) in [5, 5.41) is 8.43. The fourth-order valence-electron chi connectivity index (χ4n) is 1.46. The van der Waals surface area contributed by atoms with Crippen molar-refractivity contribution >= 4 is 15.7 Å². The van der Waals surface area contributed by atoms with Gasteiger partial charge in [0, 0.05) is 11.8 Å². The summed E-state index contributed by atoms with van der Waals surface area (Å²) in [6.07, 6.45) is 3.24. The minimum absolute atomic E-state index is 0.0800. The van der Waals surface area contributed by atoms with E-state index < -0.39 is 16.6 Å². The summed E-state index contributed by atoms with van der Waals surface area (Å²) in [6.45, 7) is -2.83. The molecule has 0 bridgehead atoms. The van der Waals surface area contributed by atoms with Crippen molar-refractivity contribution in [3.05, 3.63) is 24.7 Å². The molecule has 7 nitrogen and oxygen atoms in total. The van der Waals surface area contributed by atoms with Crippen LogP contribution in [0, 0.1) is 0 Å². The van der Waals surface area contributed by atoms with Gasteiger partial charge in [0.1, 0.15) is 4.90 Å². The van der Waals surface area contributed by atoms with E-state index in [1.807, 2.05) is 0 Å². The molecule has 0 saturated carbocycles. The van der Waals surface area contributed by atoms with Crippen LogP contribution in [0.5, 0.6) is 0 Å². The first-order valence-corrected chi connectivity index (χ1v) is 6.44. The smallest absolute Gasteiger partial charge is 0.333 e. The Balaban J connectivity index is 2.61. The molecule has 10 heteroatoms. The molecule has 0 unspecified atom stereocenters. The molecular weight excluding hydrogens is 280 g/mol. The van der Waals surface area contributed by atoms with E-state index in [9.17, 15) is 17.2 Å². The molecule has 0 aliphatic carbocycles. The lowest BCUT2D eigenvalue weighted by Crippen LogP contribution is -2.14. The van der Waals surface area contributed by atoms with Crippen LogP contribution in [-0.2, 0) is 10.0 Å². The second kappa shape index (κ2) is 4.55. The van der Waals surface area contributed by atoms with Gasteiger partial charge in [-0.3, -0.25) is 4.98 Å². The van der Waals surface area contributed by atoms with Crippen molar-refractivity contribution in [3.63, 3.8) is 0 Å². The van der Waals surface area contributed by atoms with Crippen molar-refractivity contribution < 1.29 is 17.2 Å². The summed E-state index contributed by atoms with van der Waals surface area (Å²) in [5.41, 5.74) is 5.55. The Hall–Kier alpha value is -2.07. The zero-order chi connectivity index (χ0) is 14.2. The number of nitrogens with zero attached hydrogens (tertiary/aromatic N) is 3. The number of nitrogens with two attached hydrogens (primary N) is 2. The predicted octanol–water partition coefficient (Wildman–Crippen LogP) is 0.570. The lowest BCUT2D eigenvalue weighted by atomic mass is 10.2. The number of sulfonamides is 1. The van der Waals surface area contributed by atoms with Crippen LogP contribution in [0.4, 0.5) is 14.5 Å². The maximum Gasteiger partial charge on any atom is 0.333 e. The Labute approximate surface area is 106 Å². The number of pyridine rings is 1. The fourth-order valence-corrected chi connectivity index (χ4v) is 2.20. The third kappa shape index (κ3) is 2.69. The van der Waals surface area contributed by atoms with Crippen molar-refractivity contribution in [2.45, 2.75) is 11.4 Å². The van der Waals surface area contributed by atoms with Crippen LogP contribution in [0.3, 0.4) is 0 Å². The monoisotopic (exact) mass is 289 g/mol. The first kappa shape index (κ1) is 13.4. The van der Waals surface area contributed by atoms with Crippen molar-refractivity contribution in [3.8, 4) is 11.3 Å². The molecule has 2 heterocycles. The van der Waals surface area contributed by atoms with Gasteiger partial charge in [0.05, 0.1) is 23.8 Å². The minimum Gasteiger partial charge on any atom is -0.397 e. The zero-order valence-corrected chi connectivity index (χ0v) is 10.2. The van der Waals surface area contributed by atoms with Crippen LogP contribution in [0.25, 0.3) is 11.3 Å². The van der Waals surface area contributed by atoms with E-state index in [4.69, 9.17) is 10.9 Å². The van der Waals surface area contributed by atoms with Crippen LogP contribution in [0.2, 0.25) is 0 Å². The van der Waals surface area contributed by atoms with Crippen LogP contribution < -0.4 is 10.9 Å². The van der Waals surface area contributed by atoms with Gasteiger partial charge >= 0.3 is 6.55 Å². The van der Waals surface area contributed by atoms with Crippen LogP contribution in [0.1, 0.15) is 6.55 Å². The highest BCUT2D eigenvalue weighted by Gasteiger charge is 2.19. The van der Waals surface area contributed by atoms with Gasteiger partial charge in [0.15, 0.2) is 0 Å². The number of primary sulfonamides is 1. The molecule has 0 radical (unpaired) electrons. The molecule has 2 rings (SSSR count). The molecule has 0 spiro atoms. The number of hydrogen-bond donors (Lipinski definition) is 2. The molecular formula is C9H9F2N5O2S. The molecule has 0 aromatic carbocycles. The molecule has 0 aliphatic heterocycles. The second-order valence-electron chi connectivity index (χ2n) is 3.65. The normalized spacial score (nSPS) is 12.0. The summed E-state index contributed by atoms with van der Waals surface area (Å²) in [5.74, 6) is 0. The number of halogens is 2. The van der Waals surface area contributed by atoms with E-state index in [1.165, 1.54) is 6.20 Å². The Bertz CT molecular complexity index is 713. The number of aromatic nitrogens is 3. The Morgan fingerprint density at radius 2 is 2.00 bits per heavy atom. The van der Waals surface area contributed by atoms with Crippen molar-refractivity contribution in [2.24, 2.45) is 5.14 Å². The third-order valence-electron chi connectivity index (χ3n) is 2.26. The highest BCUT2D eigenvalue weighted by molar-refractivity contribution is 7.89. The molecule has 0 saturated heterocycles. The molecule has 0 aliphatic rings. The zero-order valence-electron chi connectivity index (χ0n) is 9.36. The summed E-state index contributed by atoms with van der Waals surface area (Å²) >= 11 is 0. The summed E-state index contributed by atoms with van der Waals surface area (Å²) in [7, 11) is -4.08. The molecule has 2 aromatic rings. The maximum atomic E-state index is 12.4. The number of rotatable bonds is 3. The van der Waals surface area contributed by atoms with Gasteiger partial charge in [0.25, 0.3) is 0 Å². The first-order valence-electron chi connectivity index (χ1n) is 4.90. The van der Waals surface area contributed by atoms with Gasteiger partial charge < -0.3 is 5.73 Å². The fraction of sp³-hybridized carbons (Fsp3) is 0.111. The van der Waals surface area contributed by atoms with Crippen molar-refractivity contribution in [2.75, 3.05) is 5.73 Å². The predicted molar refractivity (Wildman–Crippen MR) is 62.5 cm³/mol. The van der Waals surface area contributed by atoms with Crippen LogP contribution in [-0.4, -0.2) is 23.2 Å². The number of nitrogen functional groups attached to an aromatic ring is 1.